The van der Waals surface area contributed by atoms with Gasteiger partial charge in [-0.3, -0.25) is 9.59 Å². The summed E-state index contributed by atoms with van der Waals surface area (Å²) >= 11 is 3.29. The normalized spacial score (nSPS) is 23.7. The summed E-state index contributed by atoms with van der Waals surface area (Å²) < 4.78 is 26.9. The van der Waals surface area contributed by atoms with Crippen molar-refractivity contribution in [3.05, 3.63) is 69.9 Å². The Kier molecular flexibility index (Phi) is 7.23. The van der Waals surface area contributed by atoms with Crippen LogP contribution in [-0.4, -0.2) is 36.3 Å². The number of hydrogen-bond donors (Lipinski definition) is 2. The molecule has 2 N–H and O–H groups in total. The van der Waals surface area contributed by atoms with E-state index in [1.165, 1.54) is 25.1 Å². The van der Waals surface area contributed by atoms with Crippen LogP contribution in [0.15, 0.2) is 53.0 Å². The quantitative estimate of drug-likeness (QED) is 0.633. The van der Waals surface area contributed by atoms with Gasteiger partial charge in [0.1, 0.15) is 11.4 Å². The second kappa shape index (κ2) is 9.68. The summed E-state index contributed by atoms with van der Waals surface area (Å²) in [7, 11) is 0. The summed E-state index contributed by atoms with van der Waals surface area (Å²) in [5, 5.41) is 12.6. The maximum absolute atomic E-state index is 14.7. The molecule has 1 saturated heterocycles. The van der Waals surface area contributed by atoms with Crippen LogP contribution in [0.4, 0.5) is 4.39 Å². The Morgan fingerprint density at radius 3 is 2.70 bits per heavy atom. The number of aliphatic carboxylic acids is 1. The maximum Gasteiger partial charge on any atom is 0.309 e. The topological polar surface area (TPSA) is 84.9 Å². The molecule has 3 rings (SSSR count). The molecule has 6 nitrogen and oxygen atoms in total. The van der Waals surface area contributed by atoms with E-state index in [1.807, 2.05) is 30.3 Å². The smallest absolute Gasteiger partial charge is 0.309 e. The highest BCUT2D eigenvalue weighted by Crippen LogP contribution is 2.40. The first kappa shape index (κ1) is 22.4. The average Bonchev–Trinajstić information content (AvgIpc) is 2.71. The Bertz CT molecular complexity index is 910. The van der Waals surface area contributed by atoms with Crippen molar-refractivity contribution in [3.63, 3.8) is 0 Å². The van der Waals surface area contributed by atoms with Crippen molar-refractivity contribution in [1.82, 2.24) is 5.32 Å². The van der Waals surface area contributed by atoms with Gasteiger partial charge in [0.05, 0.1) is 31.8 Å². The molecule has 0 saturated carbocycles. The SMILES string of the molecule is CC(=O)N[C@@]1(c2cc(Br)ccc2F)CO[C@@H](COCc2ccccc2)C[C@H]1C(=O)O. The second-order valence-corrected chi connectivity index (χ2v) is 8.25. The Hall–Kier alpha value is -2.29. The van der Waals surface area contributed by atoms with Crippen LogP contribution in [0.2, 0.25) is 0 Å². The van der Waals surface area contributed by atoms with Gasteiger partial charge in [0, 0.05) is 17.0 Å². The zero-order valence-corrected chi connectivity index (χ0v) is 18.0. The van der Waals surface area contributed by atoms with Crippen molar-refractivity contribution in [1.29, 1.82) is 0 Å². The second-order valence-electron chi connectivity index (χ2n) is 7.34. The molecule has 8 heteroatoms. The highest BCUT2D eigenvalue weighted by molar-refractivity contribution is 9.10. The van der Waals surface area contributed by atoms with E-state index in [0.29, 0.717) is 11.1 Å². The summed E-state index contributed by atoms with van der Waals surface area (Å²) in [5.41, 5.74) is -0.461. The molecule has 1 heterocycles. The van der Waals surface area contributed by atoms with E-state index in [1.54, 1.807) is 0 Å². The van der Waals surface area contributed by atoms with Gasteiger partial charge in [-0.2, -0.15) is 0 Å². The van der Waals surface area contributed by atoms with Crippen LogP contribution in [0.1, 0.15) is 24.5 Å². The van der Waals surface area contributed by atoms with Crippen LogP contribution in [-0.2, 0) is 31.2 Å². The molecule has 0 aliphatic carbocycles. The highest BCUT2D eigenvalue weighted by Gasteiger charge is 2.51. The van der Waals surface area contributed by atoms with Gasteiger partial charge in [-0.05, 0) is 30.2 Å². The number of carbonyl (C=O) groups excluding carboxylic acids is 1. The molecule has 30 heavy (non-hydrogen) atoms. The third-order valence-electron chi connectivity index (χ3n) is 5.16. The first-order valence-corrected chi connectivity index (χ1v) is 10.3. The van der Waals surface area contributed by atoms with Gasteiger partial charge in [0.25, 0.3) is 0 Å². The lowest BCUT2D eigenvalue weighted by molar-refractivity contribution is -0.162. The van der Waals surface area contributed by atoms with E-state index < -0.39 is 35.3 Å². The monoisotopic (exact) mass is 479 g/mol. The first-order valence-electron chi connectivity index (χ1n) is 9.52. The Balaban J connectivity index is 1.81. The predicted molar refractivity (Wildman–Crippen MR) is 111 cm³/mol. The van der Waals surface area contributed by atoms with Gasteiger partial charge >= 0.3 is 5.97 Å². The number of hydrogen-bond acceptors (Lipinski definition) is 4. The zero-order chi connectivity index (χ0) is 21.7. The van der Waals surface area contributed by atoms with Crippen LogP contribution in [0, 0.1) is 11.7 Å². The lowest BCUT2D eigenvalue weighted by atomic mass is 9.73. The number of benzene rings is 2. The molecule has 0 aromatic heterocycles. The number of nitrogens with one attached hydrogen (secondary N) is 1. The zero-order valence-electron chi connectivity index (χ0n) is 16.4. The number of carboxylic acid groups (broad SMARTS) is 1. The summed E-state index contributed by atoms with van der Waals surface area (Å²) in [6, 6.07) is 13.8. The molecule has 3 atom stereocenters. The number of rotatable bonds is 7. The number of ether oxygens (including phenoxy) is 2. The summed E-state index contributed by atoms with van der Waals surface area (Å²) in [6.07, 6.45) is -0.428. The van der Waals surface area contributed by atoms with Crippen molar-refractivity contribution in [2.24, 2.45) is 5.92 Å². The molecule has 160 valence electrons. The largest absolute Gasteiger partial charge is 0.481 e. The van der Waals surface area contributed by atoms with Crippen LogP contribution < -0.4 is 5.32 Å². The van der Waals surface area contributed by atoms with Crippen LogP contribution >= 0.6 is 15.9 Å². The number of amides is 1. The van der Waals surface area contributed by atoms with E-state index in [0.717, 1.165) is 5.56 Å². The predicted octanol–water partition coefficient (Wildman–Crippen LogP) is 3.63. The average molecular weight is 480 g/mol. The Morgan fingerprint density at radius 1 is 1.30 bits per heavy atom. The lowest BCUT2D eigenvalue weighted by Gasteiger charge is -2.45. The molecule has 0 radical (unpaired) electrons. The molecule has 0 bridgehead atoms. The molecule has 1 amide bonds. The Morgan fingerprint density at radius 2 is 2.03 bits per heavy atom. The molecular formula is C22H23BrFNO5. The molecule has 2 aromatic rings. The summed E-state index contributed by atoms with van der Waals surface area (Å²) in [5.74, 6) is -3.31. The van der Waals surface area contributed by atoms with Gasteiger partial charge < -0.3 is 19.9 Å². The summed E-state index contributed by atoms with van der Waals surface area (Å²) in [6.45, 7) is 1.65. The Labute approximate surface area is 182 Å². The van der Waals surface area contributed by atoms with Gasteiger partial charge in [0.15, 0.2) is 0 Å². The van der Waals surface area contributed by atoms with E-state index in [-0.39, 0.29) is 25.2 Å². The highest BCUT2D eigenvalue weighted by atomic mass is 79.9. The minimum atomic E-state index is -1.53. The minimum Gasteiger partial charge on any atom is -0.481 e. The van der Waals surface area contributed by atoms with E-state index in [4.69, 9.17) is 9.47 Å². The van der Waals surface area contributed by atoms with Crippen LogP contribution in [0.5, 0.6) is 0 Å². The number of carboxylic acids is 1. The van der Waals surface area contributed by atoms with Crippen LogP contribution in [0.25, 0.3) is 0 Å². The maximum atomic E-state index is 14.7. The molecule has 1 aliphatic heterocycles. The number of carbonyl (C=O) groups is 2. The molecule has 2 aromatic carbocycles. The van der Waals surface area contributed by atoms with E-state index >= 15 is 0 Å². The molecule has 1 fully saturated rings. The lowest BCUT2D eigenvalue weighted by Crippen LogP contribution is -2.60. The van der Waals surface area contributed by atoms with Crippen molar-refractivity contribution in [3.8, 4) is 0 Å². The standard InChI is InChI=1S/C22H23BrFNO5/c1-14(26)25-22(18-9-16(23)7-8-20(18)24)13-30-17(10-19(22)21(27)28)12-29-11-15-5-3-2-4-6-15/h2-9,17,19H,10-13H2,1H3,(H,25,26)(H,27,28)/t17-,19+,22-/m1/s1. The van der Waals surface area contributed by atoms with E-state index in [9.17, 15) is 19.1 Å². The van der Waals surface area contributed by atoms with Gasteiger partial charge in [-0.25, -0.2) is 4.39 Å². The third kappa shape index (κ3) is 5.06. The van der Waals surface area contributed by atoms with Gasteiger partial charge in [0.2, 0.25) is 5.91 Å². The summed E-state index contributed by atoms with van der Waals surface area (Å²) in [4.78, 5) is 24.1. The number of halogens is 2. The molecule has 0 unspecified atom stereocenters. The van der Waals surface area contributed by atoms with Crippen LogP contribution in [0.3, 0.4) is 0 Å². The molecule has 0 spiro atoms. The van der Waals surface area contributed by atoms with Crippen molar-refractivity contribution in [2.45, 2.75) is 31.6 Å². The van der Waals surface area contributed by atoms with Crippen molar-refractivity contribution in [2.75, 3.05) is 13.2 Å². The van der Waals surface area contributed by atoms with Gasteiger partial charge in [-0.1, -0.05) is 46.3 Å². The van der Waals surface area contributed by atoms with Gasteiger partial charge in [-0.15, -0.1) is 0 Å². The minimum absolute atomic E-state index is 0.0658. The first-order chi connectivity index (χ1) is 14.3. The van der Waals surface area contributed by atoms with Crippen molar-refractivity contribution < 1.29 is 28.6 Å². The molecule has 1 aliphatic rings. The third-order valence-corrected chi connectivity index (χ3v) is 5.65. The molecular weight excluding hydrogens is 457 g/mol. The van der Waals surface area contributed by atoms with E-state index in [2.05, 4.69) is 21.2 Å². The fourth-order valence-electron chi connectivity index (χ4n) is 3.80. The fourth-order valence-corrected chi connectivity index (χ4v) is 4.16. The fraction of sp³-hybridized carbons (Fsp3) is 0.364. The van der Waals surface area contributed by atoms with Crippen molar-refractivity contribution >= 4 is 27.8 Å².